The fourth-order valence-corrected chi connectivity index (χ4v) is 9.55. The number of nitrogens with one attached hydrogen (secondary N) is 2. The summed E-state index contributed by atoms with van der Waals surface area (Å²) in [4.78, 5) is 60.9. The van der Waals surface area contributed by atoms with E-state index in [4.69, 9.17) is 19.2 Å². The van der Waals surface area contributed by atoms with Crippen LogP contribution in [0.3, 0.4) is 0 Å². The van der Waals surface area contributed by atoms with Crippen molar-refractivity contribution >= 4 is 46.0 Å². The van der Waals surface area contributed by atoms with Crippen molar-refractivity contribution in [1.29, 1.82) is 0 Å². The number of hydrogen-bond acceptors (Lipinski definition) is 11. The number of carbonyl (C=O) groups excluding carboxylic acids is 4. The maximum atomic E-state index is 13.3. The summed E-state index contributed by atoms with van der Waals surface area (Å²) in [6.45, 7) is 5.53. The average Bonchev–Trinajstić information content (AvgIpc) is 3.73. The number of H-pyrrole nitrogens is 1. The maximum Gasteiger partial charge on any atom is 0.262 e. The molecule has 2 N–H and O–H groups in total. The van der Waals surface area contributed by atoms with Gasteiger partial charge in [0.25, 0.3) is 11.8 Å². The molecule has 14 heteroatoms. The standard InChI is InChI=1S/C45H51N7O7/c1-45(17-18-45)59-33-7-9-37-36(26-33)41(49-48-37)27-12-19-46-39(24-27)51-22-15-32(16-23-51)58-30-5-3-29(4-6-30)57-31-13-20-50(21-14-31)28-2-8-34-35(25-28)44(56)52(43(34)55)38-10-11-40(53)47-42(38)54/h2,7-9,12,19,24-26,29-32,38H,3-6,10-11,13-18,20-23H2,1H3,(H,48,49)(H,47,53,54)/t29-,30-,38?. The Bertz CT molecular complexity index is 2280. The third-order valence-corrected chi connectivity index (χ3v) is 13.3. The molecule has 6 heterocycles. The van der Waals surface area contributed by atoms with E-state index in [1.165, 1.54) is 0 Å². The largest absolute Gasteiger partial charge is 0.488 e. The van der Waals surface area contributed by atoms with Gasteiger partial charge in [-0.2, -0.15) is 5.10 Å². The van der Waals surface area contributed by atoms with Gasteiger partial charge in [0, 0.05) is 55.4 Å². The predicted octanol–water partition coefficient (Wildman–Crippen LogP) is 5.94. The number of aromatic amines is 1. The minimum Gasteiger partial charge on any atom is -0.488 e. The number of ether oxygens (including phenoxy) is 3. The Morgan fingerprint density at radius 3 is 2.05 bits per heavy atom. The minimum absolute atomic E-state index is 0.0371. The number of hydrogen-bond donors (Lipinski definition) is 2. The Morgan fingerprint density at radius 2 is 1.37 bits per heavy atom. The van der Waals surface area contributed by atoms with Gasteiger partial charge in [-0.15, -0.1) is 0 Å². The van der Waals surface area contributed by atoms with Crippen LogP contribution in [0.15, 0.2) is 54.7 Å². The van der Waals surface area contributed by atoms with Gasteiger partial charge in [-0.1, -0.05) is 0 Å². The number of imide groups is 2. The quantitative estimate of drug-likeness (QED) is 0.183. The Hall–Kier alpha value is -5.34. The topological polar surface area (TPSA) is 159 Å². The number of aromatic nitrogens is 3. The number of amides is 4. The first-order valence-electron chi connectivity index (χ1n) is 21.5. The third-order valence-electron chi connectivity index (χ3n) is 13.3. The molecule has 0 spiro atoms. The van der Waals surface area contributed by atoms with Crippen LogP contribution in [0.1, 0.15) is 105 Å². The van der Waals surface area contributed by atoms with Crippen LogP contribution < -0.4 is 19.9 Å². The van der Waals surface area contributed by atoms with E-state index in [2.05, 4.69) is 44.4 Å². The minimum atomic E-state index is -0.967. The van der Waals surface area contributed by atoms with Crippen molar-refractivity contribution < 1.29 is 33.4 Å². The number of rotatable bonds is 10. The van der Waals surface area contributed by atoms with E-state index in [9.17, 15) is 19.2 Å². The molecular formula is C45H51N7O7. The second-order valence-corrected chi connectivity index (χ2v) is 17.5. The summed E-state index contributed by atoms with van der Waals surface area (Å²) in [5, 5.41) is 11.2. The molecule has 59 heavy (non-hydrogen) atoms. The summed E-state index contributed by atoms with van der Waals surface area (Å²) >= 11 is 0. The molecule has 2 saturated carbocycles. The molecule has 0 radical (unpaired) electrons. The fourth-order valence-electron chi connectivity index (χ4n) is 9.55. The molecule has 14 nitrogen and oxygen atoms in total. The molecule has 4 aromatic rings. The summed E-state index contributed by atoms with van der Waals surface area (Å²) in [5.74, 6) is -0.0997. The van der Waals surface area contributed by atoms with E-state index < -0.39 is 23.8 Å². The highest BCUT2D eigenvalue weighted by molar-refractivity contribution is 6.23. The molecule has 3 saturated heterocycles. The number of anilines is 2. The van der Waals surface area contributed by atoms with Gasteiger partial charge in [-0.25, -0.2) is 4.98 Å². The van der Waals surface area contributed by atoms with Crippen molar-refractivity contribution in [3.8, 4) is 17.0 Å². The van der Waals surface area contributed by atoms with Crippen molar-refractivity contribution in [3.63, 3.8) is 0 Å². The molecule has 2 aromatic carbocycles. The van der Waals surface area contributed by atoms with Crippen LogP contribution in [0.25, 0.3) is 22.2 Å². The van der Waals surface area contributed by atoms with E-state index in [0.29, 0.717) is 11.1 Å². The Labute approximate surface area is 342 Å². The van der Waals surface area contributed by atoms with Gasteiger partial charge in [-0.05, 0) is 126 Å². The first-order valence-corrected chi connectivity index (χ1v) is 21.5. The number of piperidine rings is 3. The molecule has 2 aliphatic carbocycles. The average molecular weight is 802 g/mol. The lowest BCUT2D eigenvalue weighted by molar-refractivity contribution is -0.136. The van der Waals surface area contributed by atoms with Crippen LogP contribution in [0.2, 0.25) is 0 Å². The zero-order chi connectivity index (χ0) is 40.3. The zero-order valence-electron chi connectivity index (χ0n) is 33.5. The van der Waals surface area contributed by atoms with Crippen molar-refractivity contribution in [2.45, 2.75) is 120 Å². The van der Waals surface area contributed by atoms with Crippen molar-refractivity contribution in [2.24, 2.45) is 0 Å². The molecule has 6 aliphatic rings. The lowest BCUT2D eigenvalue weighted by atomic mass is 9.93. The van der Waals surface area contributed by atoms with Crippen LogP contribution in [-0.2, 0) is 19.1 Å². The van der Waals surface area contributed by atoms with Crippen molar-refractivity contribution in [2.75, 3.05) is 36.0 Å². The molecule has 4 aliphatic heterocycles. The molecule has 1 atom stereocenters. The summed E-state index contributed by atoms with van der Waals surface area (Å²) in [6, 6.07) is 14.7. The number of carbonyl (C=O) groups is 4. The monoisotopic (exact) mass is 801 g/mol. The molecule has 4 amide bonds. The van der Waals surface area contributed by atoms with Gasteiger partial charge in [0.2, 0.25) is 11.8 Å². The number of benzene rings is 2. The van der Waals surface area contributed by atoms with E-state index in [0.717, 1.165) is 135 Å². The molecular weight excluding hydrogens is 751 g/mol. The SMILES string of the molecule is CC1(Oc2ccc3[nH]nc(-c4ccnc(N5CCC(O[C@H]6CC[C@H](OC7CCN(c8ccc9c(c8)C(=O)N(C8CCC(=O)NC8=O)C9=O)CC7)CC6)CC5)c4)c3c2)CC1. The fraction of sp³-hybridized carbons (Fsp3) is 0.511. The van der Waals surface area contributed by atoms with Crippen LogP contribution in [0.5, 0.6) is 5.75 Å². The highest BCUT2D eigenvalue weighted by Gasteiger charge is 2.45. The second-order valence-electron chi connectivity index (χ2n) is 17.5. The number of nitrogens with zero attached hydrogens (tertiary/aromatic N) is 5. The van der Waals surface area contributed by atoms with Crippen molar-refractivity contribution in [3.05, 3.63) is 65.9 Å². The first kappa shape index (κ1) is 37.9. The van der Waals surface area contributed by atoms with Gasteiger partial charge in [-0.3, -0.25) is 34.5 Å². The summed E-state index contributed by atoms with van der Waals surface area (Å²) in [6.07, 6.45) is 13.0. The Morgan fingerprint density at radius 1 is 0.712 bits per heavy atom. The maximum absolute atomic E-state index is 13.3. The Kier molecular flexibility index (Phi) is 9.87. The summed E-state index contributed by atoms with van der Waals surface area (Å²) < 4.78 is 19.6. The van der Waals surface area contributed by atoms with Gasteiger partial charge in [0.05, 0.1) is 41.1 Å². The van der Waals surface area contributed by atoms with Gasteiger partial charge < -0.3 is 24.0 Å². The van der Waals surface area contributed by atoms with Crippen molar-refractivity contribution in [1.82, 2.24) is 25.4 Å². The molecule has 2 aromatic heterocycles. The summed E-state index contributed by atoms with van der Waals surface area (Å²) in [7, 11) is 0. The highest BCUT2D eigenvalue weighted by Crippen LogP contribution is 2.41. The van der Waals surface area contributed by atoms with E-state index >= 15 is 0 Å². The molecule has 0 bridgehead atoms. The van der Waals surface area contributed by atoms with Gasteiger partial charge in [0.15, 0.2) is 0 Å². The molecule has 10 rings (SSSR count). The van der Waals surface area contributed by atoms with Crippen LogP contribution in [0, 0.1) is 0 Å². The van der Waals surface area contributed by atoms with Crippen LogP contribution >= 0.6 is 0 Å². The number of pyridine rings is 1. The van der Waals surface area contributed by atoms with Gasteiger partial charge in [0.1, 0.15) is 28.9 Å². The van der Waals surface area contributed by atoms with Gasteiger partial charge >= 0.3 is 0 Å². The smallest absolute Gasteiger partial charge is 0.262 e. The highest BCUT2D eigenvalue weighted by atomic mass is 16.5. The molecule has 1 unspecified atom stereocenters. The molecule has 308 valence electrons. The second kappa shape index (κ2) is 15.4. The molecule has 5 fully saturated rings. The van der Waals surface area contributed by atoms with E-state index in [1.54, 1.807) is 12.1 Å². The lowest BCUT2D eigenvalue weighted by Gasteiger charge is -2.38. The number of fused-ring (bicyclic) bond motifs is 2. The van der Waals surface area contributed by atoms with E-state index in [1.807, 2.05) is 30.5 Å². The Balaban J connectivity index is 0.666. The van der Waals surface area contributed by atoms with Crippen LogP contribution in [0.4, 0.5) is 11.5 Å². The van der Waals surface area contributed by atoms with E-state index in [-0.39, 0.29) is 48.8 Å². The summed E-state index contributed by atoms with van der Waals surface area (Å²) in [5.41, 5.74) is 4.39. The predicted molar refractivity (Wildman–Crippen MR) is 219 cm³/mol. The zero-order valence-corrected chi connectivity index (χ0v) is 33.5. The van der Waals surface area contributed by atoms with Crippen LogP contribution in [-0.4, -0.2) is 106 Å². The lowest BCUT2D eigenvalue weighted by Crippen LogP contribution is -2.54. The first-order chi connectivity index (χ1) is 28.7. The third kappa shape index (κ3) is 7.68. The normalized spacial score (nSPS) is 25.1.